The molecule has 0 bridgehead atoms. The van der Waals surface area contributed by atoms with Gasteiger partial charge in [0.15, 0.2) is 11.6 Å². The zero-order valence-electron chi connectivity index (χ0n) is 10.2. The molecular weight excluding hydrogens is 336 g/mol. The number of nitrogen functional groups attached to an aromatic ring is 1. The van der Waals surface area contributed by atoms with Gasteiger partial charge in [0, 0.05) is 6.07 Å². The summed E-state index contributed by atoms with van der Waals surface area (Å²) in [7, 11) is 1.38. The number of ether oxygens (including phenoxy) is 1. The molecule has 2 aromatic rings. The maximum Gasteiger partial charge on any atom is 0.205 e. The van der Waals surface area contributed by atoms with Crippen molar-refractivity contribution in [2.24, 2.45) is 5.84 Å². The lowest BCUT2D eigenvalue weighted by atomic mass is 10.3. The number of halogens is 3. The number of methoxy groups -OCH3 is 1. The van der Waals surface area contributed by atoms with E-state index in [1.807, 2.05) is 0 Å². The number of anilines is 3. The van der Waals surface area contributed by atoms with E-state index in [0.29, 0.717) is 0 Å². The van der Waals surface area contributed by atoms with Crippen LogP contribution in [0.15, 0.2) is 22.9 Å². The van der Waals surface area contributed by atoms with Crippen molar-refractivity contribution >= 4 is 33.3 Å². The number of nitrogens with one attached hydrogen (secondary N) is 2. The van der Waals surface area contributed by atoms with Crippen LogP contribution in [0.25, 0.3) is 0 Å². The van der Waals surface area contributed by atoms with Gasteiger partial charge in [0.25, 0.3) is 0 Å². The second-order valence-electron chi connectivity index (χ2n) is 3.62. The molecular formula is C11H10BrF2N5O. The highest BCUT2D eigenvalue weighted by molar-refractivity contribution is 9.10. The summed E-state index contributed by atoms with van der Waals surface area (Å²) in [6.45, 7) is 0. The van der Waals surface area contributed by atoms with Gasteiger partial charge >= 0.3 is 0 Å². The molecule has 4 N–H and O–H groups in total. The summed E-state index contributed by atoms with van der Waals surface area (Å²) in [5, 5.41) is 2.63. The van der Waals surface area contributed by atoms with Crippen LogP contribution in [0, 0.1) is 11.6 Å². The number of rotatable bonds is 4. The SMILES string of the molecule is COc1c(NN)ncnc1Nc1cc(F)c(Br)cc1F. The van der Waals surface area contributed by atoms with Crippen molar-refractivity contribution in [2.75, 3.05) is 17.9 Å². The van der Waals surface area contributed by atoms with Gasteiger partial charge in [-0.3, -0.25) is 0 Å². The summed E-state index contributed by atoms with van der Waals surface area (Å²) in [6, 6.07) is 2.00. The number of aromatic nitrogens is 2. The van der Waals surface area contributed by atoms with Crippen molar-refractivity contribution in [1.29, 1.82) is 0 Å². The third kappa shape index (κ3) is 2.78. The molecule has 2 rings (SSSR count). The topological polar surface area (TPSA) is 85.1 Å². The smallest absolute Gasteiger partial charge is 0.205 e. The molecule has 1 heterocycles. The monoisotopic (exact) mass is 345 g/mol. The van der Waals surface area contributed by atoms with Crippen molar-refractivity contribution in [2.45, 2.75) is 0 Å². The lowest BCUT2D eigenvalue weighted by Gasteiger charge is -2.13. The molecule has 0 saturated heterocycles. The molecule has 0 aliphatic carbocycles. The average Bonchev–Trinajstić information content (AvgIpc) is 2.44. The van der Waals surface area contributed by atoms with E-state index in [4.69, 9.17) is 10.6 Å². The maximum absolute atomic E-state index is 13.8. The molecule has 9 heteroatoms. The van der Waals surface area contributed by atoms with Gasteiger partial charge in [-0.1, -0.05) is 0 Å². The lowest BCUT2D eigenvalue weighted by Crippen LogP contribution is -2.11. The van der Waals surface area contributed by atoms with Crippen molar-refractivity contribution in [3.63, 3.8) is 0 Å². The molecule has 1 aromatic carbocycles. The molecule has 0 fully saturated rings. The predicted molar refractivity (Wildman–Crippen MR) is 73.7 cm³/mol. The third-order valence-electron chi connectivity index (χ3n) is 2.41. The Labute approximate surface area is 121 Å². The fraction of sp³-hybridized carbons (Fsp3) is 0.0909. The number of nitrogens with zero attached hydrogens (tertiary/aromatic N) is 2. The summed E-state index contributed by atoms with van der Waals surface area (Å²) < 4.78 is 32.3. The first kappa shape index (κ1) is 14.4. The second-order valence-corrected chi connectivity index (χ2v) is 4.47. The molecule has 0 unspecified atom stereocenters. The van der Waals surface area contributed by atoms with Crippen LogP contribution in [0.4, 0.5) is 26.1 Å². The van der Waals surface area contributed by atoms with Crippen LogP contribution in [0.3, 0.4) is 0 Å². The normalized spacial score (nSPS) is 10.2. The van der Waals surface area contributed by atoms with E-state index < -0.39 is 11.6 Å². The zero-order valence-corrected chi connectivity index (χ0v) is 11.8. The quantitative estimate of drug-likeness (QED) is 0.448. The Hall–Kier alpha value is -2.00. The van der Waals surface area contributed by atoms with Crippen molar-refractivity contribution in [3.8, 4) is 5.75 Å². The summed E-state index contributed by atoms with van der Waals surface area (Å²) >= 11 is 2.90. The van der Waals surface area contributed by atoms with Crippen LogP contribution in [0.2, 0.25) is 0 Å². The molecule has 20 heavy (non-hydrogen) atoms. The van der Waals surface area contributed by atoms with Gasteiger partial charge in [0.1, 0.15) is 18.0 Å². The van der Waals surface area contributed by atoms with Crippen LogP contribution >= 0.6 is 15.9 Å². The Morgan fingerprint density at radius 1 is 1.20 bits per heavy atom. The fourth-order valence-corrected chi connectivity index (χ4v) is 1.82. The van der Waals surface area contributed by atoms with Crippen LogP contribution in [-0.2, 0) is 0 Å². The van der Waals surface area contributed by atoms with Crippen molar-refractivity contribution in [1.82, 2.24) is 9.97 Å². The highest BCUT2D eigenvalue weighted by Crippen LogP contribution is 2.32. The van der Waals surface area contributed by atoms with Crippen LogP contribution in [-0.4, -0.2) is 17.1 Å². The van der Waals surface area contributed by atoms with Crippen LogP contribution in [0.5, 0.6) is 5.75 Å². The minimum absolute atomic E-state index is 0.0273. The Kier molecular flexibility index (Phi) is 4.30. The summed E-state index contributed by atoms with van der Waals surface area (Å²) in [5.41, 5.74) is 2.22. The van der Waals surface area contributed by atoms with Gasteiger partial charge in [-0.2, -0.15) is 0 Å². The first-order valence-corrected chi connectivity index (χ1v) is 6.13. The molecule has 0 amide bonds. The Morgan fingerprint density at radius 3 is 2.55 bits per heavy atom. The van der Waals surface area contributed by atoms with E-state index in [-0.39, 0.29) is 27.5 Å². The number of hydrazine groups is 1. The van der Waals surface area contributed by atoms with Crippen molar-refractivity contribution in [3.05, 3.63) is 34.6 Å². The van der Waals surface area contributed by atoms with Gasteiger partial charge < -0.3 is 15.5 Å². The molecule has 0 radical (unpaired) electrons. The molecule has 106 valence electrons. The molecule has 0 aliphatic heterocycles. The Balaban J connectivity index is 2.42. The van der Waals surface area contributed by atoms with Gasteiger partial charge in [0.2, 0.25) is 5.75 Å². The first-order chi connectivity index (χ1) is 9.56. The molecule has 1 aromatic heterocycles. The van der Waals surface area contributed by atoms with Crippen LogP contribution < -0.4 is 21.3 Å². The number of benzene rings is 1. The lowest BCUT2D eigenvalue weighted by molar-refractivity contribution is 0.415. The standard InChI is InChI=1S/C11H10BrF2N5O/c1-20-9-10(16-4-17-11(9)19-15)18-8-3-6(13)5(12)2-7(8)14/h2-4H,15H2,1H3,(H2,16,17,18,19). The molecule has 0 aliphatic rings. The molecule has 6 nitrogen and oxygen atoms in total. The van der Waals surface area contributed by atoms with Crippen molar-refractivity contribution < 1.29 is 13.5 Å². The molecule has 0 spiro atoms. The van der Waals surface area contributed by atoms with E-state index >= 15 is 0 Å². The van der Waals surface area contributed by atoms with E-state index in [0.717, 1.165) is 12.1 Å². The Morgan fingerprint density at radius 2 is 1.90 bits per heavy atom. The fourth-order valence-electron chi connectivity index (χ4n) is 1.50. The maximum atomic E-state index is 13.8. The van der Waals surface area contributed by atoms with Gasteiger partial charge in [-0.25, -0.2) is 24.6 Å². The highest BCUT2D eigenvalue weighted by Gasteiger charge is 2.14. The first-order valence-electron chi connectivity index (χ1n) is 5.34. The van der Waals surface area contributed by atoms with E-state index in [1.54, 1.807) is 0 Å². The number of hydrogen-bond donors (Lipinski definition) is 3. The Bertz CT molecular complexity index is 640. The minimum atomic E-state index is -0.652. The van der Waals surface area contributed by atoms with E-state index in [9.17, 15) is 8.78 Å². The van der Waals surface area contributed by atoms with Crippen LogP contribution in [0.1, 0.15) is 0 Å². The average molecular weight is 346 g/mol. The summed E-state index contributed by atoms with van der Waals surface area (Å²) in [4.78, 5) is 7.74. The summed E-state index contributed by atoms with van der Waals surface area (Å²) in [6.07, 6.45) is 1.20. The predicted octanol–water partition coefficient (Wildman–Crippen LogP) is 2.56. The minimum Gasteiger partial charge on any atom is -0.490 e. The third-order valence-corrected chi connectivity index (χ3v) is 3.02. The second kappa shape index (κ2) is 5.97. The zero-order chi connectivity index (χ0) is 14.7. The number of hydrogen-bond acceptors (Lipinski definition) is 6. The van der Waals surface area contributed by atoms with Gasteiger partial charge in [-0.05, 0) is 22.0 Å². The van der Waals surface area contributed by atoms with Gasteiger partial charge in [-0.15, -0.1) is 0 Å². The highest BCUT2D eigenvalue weighted by atomic mass is 79.9. The number of nitrogens with two attached hydrogens (primary N) is 1. The molecule has 0 saturated carbocycles. The van der Waals surface area contributed by atoms with E-state index in [2.05, 4.69) is 36.6 Å². The molecule has 0 atom stereocenters. The largest absolute Gasteiger partial charge is 0.490 e. The van der Waals surface area contributed by atoms with Gasteiger partial charge in [0.05, 0.1) is 17.3 Å². The summed E-state index contributed by atoms with van der Waals surface area (Å²) in [5.74, 6) is 4.55. The van der Waals surface area contributed by atoms with E-state index in [1.165, 1.54) is 13.4 Å².